The van der Waals surface area contributed by atoms with E-state index in [9.17, 15) is 4.79 Å². The van der Waals surface area contributed by atoms with Gasteiger partial charge in [-0.3, -0.25) is 0 Å². The SMILES string of the molecule is CCOC(=O)/C(=C/c1cc(OC)c(OC)cc1NCc1ccc(OC)cc1)Cc1ccc(OC)cc1. The van der Waals surface area contributed by atoms with Gasteiger partial charge in [0, 0.05) is 35.9 Å². The average molecular weight is 492 g/mol. The minimum atomic E-state index is -0.371. The summed E-state index contributed by atoms with van der Waals surface area (Å²) in [4.78, 5) is 12.9. The van der Waals surface area contributed by atoms with Gasteiger partial charge >= 0.3 is 5.97 Å². The topological polar surface area (TPSA) is 75.3 Å². The van der Waals surface area contributed by atoms with Crippen molar-refractivity contribution in [3.05, 3.63) is 82.9 Å². The van der Waals surface area contributed by atoms with Crippen molar-refractivity contribution in [2.45, 2.75) is 19.9 Å². The van der Waals surface area contributed by atoms with Crippen molar-refractivity contribution in [1.29, 1.82) is 0 Å². The third kappa shape index (κ3) is 6.95. The van der Waals surface area contributed by atoms with E-state index in [0.717, 1.165) is 33.9 Å². The predicted octanol–water partition coefficient (Wildman–Crippen LogP) is 5.52. The van der Waals surface area contributed by atoms with Crippen LogP contribution in [0.3, 0.4) is 0 Å². The lowest BCUT2D eigenvalue weighted by molar-refractivity contribution is -0.138. The lowest BCUT2D eigenvalue weighted by Crippen LogP contribution is -2.10. The highest BCUT2D eigenvalue weighted by molar-refractivity contribution is 5.95. The summed E-state index contributed by atoms with van der Waals surface area (Å²) in [6.45, 7) is 2.64. The Bertz CT molecular complexity index is 1170. The van der Waals surface area contributed by atoms with Gasteiger partial charge in [-0.25, -0.2) is 4.79 Å². The molecule has 3 aromatic carbocycles. The van der Waals surface area contributed by atoms with Crippen LogP contribution in [0.5, 0.6) is 23.0 Å². The molecule has 0 spiro atoms. The maximum atomic E-state index is 12.9. The molecule has 0 aliphatic carbocycles. The highest BCUT2D eigenvalue weighted by atomic mass is 16.5. The fourth-order valence-corrected chi connectivity index (χ4v) is 3.66. The molecule has 3 rings (SSSR count). The zero-order valence-corrected chi connectivity index (χ0v) is 21.4. The van der Waals surface area contributed by atoms with E-state index in [1.807, 2.05) is 66.7 Å². The molecule has 190 valence electrons. The summed E-state index contributed by atoms with van der Waals surface area (Å²) < 4.78 is 26.9. The van der Waals surface area contributed by atoms with Crippen molar-refractivity contribution in [1.82, 2.24) is 0 Å². The van der Waals surface area contributed by atoms with Crippen LogP contribution in [0, 0.1) is 0 Å². The Morgan fingerprint density at radius 1 is 0.778 bits per heavy atom. The van der Waals surface area contributed by atoms with Crippen LogP contribution in [0.1, 0.15) is 23.6 Å². The van der Waals surface area contributed by atoms with Gasteiger partial charge in [0.25, 0.3) is 0 Å². The van der Waals surface area contributed by atoms with E-state index in [0.29, 0.717) is 30.0 Å². The normalized spacial score (nSPS) is 11.0. The summed E-state index contributed by atoms with van der Waals surface area (Å²) in [5, 5.41) is 3.46. The molecule has 0 saturated heterocycles. The molecule has 0 unspecified atom stereocenters. The molecule has 0 amide bonds. The molecule has 0 bridgehead atoms. The first kappa shape index (κ1) is 26.5. The Kier molecular flexibility index (Phi) is 9.63. The first-order valence-electron chi connectivity index (χ1n) is 11.6. The number of carbonyl (C=O) groups excluding carboxylic acids is 1. The molecule has 3 aromatic rings. The Morgan fingerprint density at radius 3 is 1.86 bits per heavy atom. The highest BCUT2D eigenvalue weighted by Crippen LogP contribution is 2.35. The highest BCUT2D eigenvalue weighted by Gasteiger charge is 2.16. The monoisotopic (exact) mass is 491 g/mol. The molecule has 0 fully saturated rings. The smallest absolute Gasteiger partial charge is 0.334 e. The van der Waals surface area contributed by atoms with E-state index in [4.69, 9.17) is 23.7 Å². The molecule has 0 saturated carbocycles. The van der Waals surface area contributed by atoms with Gasteiger partial charge in [0.1, 0.15) is 11.5 Å². The molecule has 0 aliphatic rings. The van der Waals surface area contributed by atoms with Crippen LogP contribution in [0.15, 0.2) is 66.2 Å². The summed E-state index contributed by atoms with van der Waals surface area (Å²) in [6.07, 6.45) is 2.23. The number of methoxy groups -OCH3 is 4. The number of esters is 1. The number of hydrogen-bond donors (Lipinski definition) is 1. The van der Waals surface area contributed by atoms with Gasteiger partial charge in [-0.15, -0.1) is 0 Å². The average Bonchev–Trinajstić information content (AvgIpc) is 2.92. The van der Waals surface area contributed by atoms with Gasteiger partial charge in [-0.2, -0.15) is 0 Å². The second-order valence-corrected chi connectivity index (χ2v) is 7.91. The quantitative estimate of drug-likeness (QED) is 0.264. The zero-order chi connectivity index (χ0) is 25.9. The van der Waals surface area contributed by atoms with Crippen molar-refractivity contribution in [3.63, 3.8) is 0 Å². The number of hydrogen-bond acceptors (Lipinski definition) is 7. The minimum absolute atomic E-state index is 0.285. The first-order valence-corrected chi connectivity index (χ1v) is 11.6. The van der Waals surface area contributed by atoms with E-state index in [1.54, 1.807) is 35.4 Å². The lowest BCUT2D eigenvalue weighted by Gasteiger charge is -2.16. The van der Waals surface area contributed by atoms with E-state index in [2.05, 4.69) is 5.32 Å². The number of ether oxygens (including phenoxy) is 5. The maximum absolute atomic E-state index is 12.9. The summed E-state index contributed by atoms with van der Waals surface area (Å²) >= 11 is 0. The largest absolute Gasteiger partial charge is 0.497 e. The molecule has 1 N–H and O–H groups in total. The van der Waals surface area contributed by atoms with Crippen LogP contribution >= 0.6 is 0 Å². The van der Waals surface area contributed by atoms with Crippen LogP contribution in [-0.4, -0.2) is 41.0 Å². The van der Waals surface area contributed by atoms with E-state index < -0.39 is 0 Å². The third-order valence-corrected chi connectivity index (χ3v) is 5.62. The molecule has 0 radical (unpaired) electrons. The standard InChI is InChI=1S/C29H33NO6/c1-6-36-29(31)23(15-20-7-11-24(32-2)12-8-20)16-22-17-27(34-4)28(35-5)18-26(22)30-19-21-9-13-25(33-3)14-10-21/h7-14,16-18,30H,6,15,19H2,1-5H3/b23-16+. The molecular formula is C29H33NO6. The molecule has 0 aromatic heterocycles. The Morgan fingerprint density at radius 2 is 1.33 bits per heavy atom. The van der Waals surface area contributed by atoms with Crippen LogP contribution in [-0.2, 0) is 22.5 Å². The van der Waals surface area contributed by atoms with E-state index in [-0.39, 0.29) is 12.6 Å². The second-order valence-electron chi connectivity index (χ2n) is 7.91. The van der Waals surface area contributed by atoms with Gasteiger partial charge in [-0.1, -0.05) is 24.3 Å². The first-order chi connectivity index (χ1) is 17.5. The third-order valence-electron chi connectivity index (χ3n) is 5.62. The summed E-state index contributed by atoms with van der Waals surface area (Å²) in [7, 11) is 6.44. The number of carbonyl (C=O) groups is 1. The van der Waals surface area contributed by atoms with Gasteiger partial charge in [0.15, 0.2) is 11.5 Å². The zero-order valence-electron chi connectivity index (χ0n) is 21.4. The fraction of sp³-hybridized carbons (Fsp3) is 0.276. The van der Waals surface area contributed by atoms with Gasteiger partial charge in [-0.05, 0) is 54.5 Å². The van der Waals surface area contributed by atoms with E-state index >= 15 is 0 Å². The van der Waals surface area contributed by atoms with E-state index in [1.165, 1.54) is 0 Å². The fourth-order valence-electron chi connectivity index (χ4n) is 3.66. The number of nitrogens with one attached hydrogen (secondary N) is 1. The van der Waals surface area contributed by atoms with Crippen LogP contribution in [0.2, 0.25) is 0 Å². The second kappa shape index (κ2) is 13.1. The van der Waals surface area contributed by atoms with Crippen LogP contribution in [0.4, 0.5) is 5.69 Å². The Labute approximate surface area is 212 Å². The number of rotatable bonds is 12. The van der Waals surface area contributed by atoms with Gasteiger partial charge < -0.3 is 29.0 Å². The van der Waals surface area contributed by atoms with Crippen LogP contribution in [0.25, 0.3) is 6.08 Å². The molecule has 36 heavy (non-hydrogen) atoms. The van der Waals surface area contributed by atoms with Crippen molar-refractivity contribution in [2.75, 3.05) is 40.4 Å². The summed E-state index contributed by atoms with van der Waals surface area (Å²) in [6, 6.07) is 19.2. The minimum Gasteiger partial charge on any atom is -0.497 e. The van der Waals surface area contributed by atoms with Gasteiger partial charge in [0.05, 0.1) is 35.0 Å². The van der Waals surface area contributed by atoms with Crippen molar-refractivity contribution >= 4 is 17.7 Å². The Hall–Kier alpha value is -4.13. The van der Waals surface area contributed by atoms with Crippen molar-refractivity contribution < 1.29 is 28.5 Å². The van der Waals surface area contributed by atoms with Gasteiger partial charge in [0.2, 0.25) is 0 Å². The van der Waals surface area contributed by atoms with Crippen LogP contribution < -0.4 is 24.3 Å². The van der Waals surface area contributed by atoms with Crippen molar-refractivity contribution in [2.24, 2.45) is 0 Å². The number of anilines is 1. The molecule has 0 aliphatic heterocycles. The molecule has 0 heterocycles. The molecule has 0 atom stereocenters. The predicted molar refractivity (Wildman–Crippen MR) is 141 cm³/mol. The molecule has 7 nitrogen and oxygen atoms in total. The lowest BCUT2D eigenvalue weighted by atomic mass is 10.0. The maximum Gasteiger partial charge on any atom is 0.334 e. The molecule has 7 heteroatoms. The Balaban J connectivity index is 1.99. The number of benzene rings is 3. The van der Waals surface area contributed by atoms with Crippen molar-refractivity contribution in [3.8, 4) is 23.0 Å². The molecular weight excluding hydrogens is 458 g/mol. The summed E-state index contributed by atoms with van der Waals surface area (Å²) in [5.74, 6) is 2.33. The summed E-state index contributed by atoms with van der Waals surface area (Å²) in [5.41, 5.74) is 4.12.